The molecule has 0 aliphatic carbocycles. The van der Waals surface area contributed by atoms with Crippen LogP contribution in [0.4, 0.5) is 17.1 Å². The number of nitro benzene ring substituents is 2. The summed E-state index contributed by atoms with van der Waals surface area (Å²) in [6.07, 6.45) is 1.36. The van der Waals surface area contributed by atoms with Gasteiger partial charge in [-0.05, 0) is 61.0 Å². The second kappa shape index (κ2) is 10.9. The number of non-ortho nitro benzene ring substituents is 1. The number of nitrogens with one attached hydrogen (secondary N) is 1. The standard InChI is InChI=1S/C22H17ClN4O7/c1-2-33-21-11-14(3-10-20(21)34-22(28)15-4-6-16(23)7-5-15)13-24-25-18-9-8-17(26(29)30)12-19(18)27(31)32/h3-13,25H,2H2,1H3/b24-13-. The molecular formula is C22H17ClN4O7. The molecule has 0 fully saturated rings. The van der Waals surface area contributed by atoms with E-state index in [0.29, 0.717) is 22.8 Å². The molecule has 0 radical (unpaired) electrons. The van der Waals surface area contributed by atoms with Gasteiger partial charge >= 0.3 is 11.7 Å². The van der Waals surface area contributed by atoms with Gasteiger partial charge in [-0.25, -0.2) is 4.79 Å². The van der Waals surface area contributed by atoms with Crippen LogP contribution in [0.5, 0.6) is 11.5 Å². The predicted octanol–water partition coefficient (Wildman–Crippen LogP) is 5.22. The molecule has 0 aliphatic rings. The average molecular weight is 485 g/mol. The second-order valence-electron chi connectivity index (χ2n) is 6.62. The van der Waals surface area contributed by atoms with Crippen LogP contribution in [0.15, 0.2) is 65.8 Å². The third kappa shape index (κ3) is 6.04. The Morgan fingerprint density at radius 1 is 1.03 bits per heavy atom. The van der Waals surface area contributed by atoms with E-state index in [1.165, 1.54) is 30.5 Å². The van der Waals surface area contributed by atoms with Crippen molar-refractivity contribution in [3.63, 3.8) is 0 Å². The number of esters is 1. The van der Waals surface area contributed by atoms with Gasteiger partial charge in [0.05, 0.1) is 34.3 Å². The molecule has 0 saturated carbocycles. The summed E-state index contributed by atoms with van der Waals surface area (Å²) >= 11 is 5.83. The molecule has 0 amide bonds. The van der Waals surface area contributed by atoms with E-state index in [4.69, 9.17) is 21.1 Å². The van der Waals surface area contributed by atoms with Crippen LogP contribution >= 0.6 is 11.6 Å². The first-order valence-corrected chi connectivity index (χ1v) is 10.1. The summed E-state index contributed by atoms with van der Waals surface area (Å²) in [5.41, 5.74) is 2.42. The van der Waals surface area contributed by atoms with Gasteiger partial charge in [0.2, 0.25) is 0 Å². The first-order valence-electron chi connectivity index (χ1n) is 9.75. The van der Waals surface area contributed by atoms with Gasteiger partial charge in [-0.3, -0.25) is 25.7 Å². The first kappa shape index (κ1) is 24.1. The van der Waals surface area contributed by atoms with Gasteiger partial charge in [-0.1, -0.05) is 11.6 Å². The van der Waals surface area contributed by atoms with Gasteiger partial charge in [-0.15, -0.1) is 0 Å². The molecule has 34 heavy (non-hydrogen) atoms. The molecule has 0 heterocycles. The SMILES string of the molecule is CCOc1cc(/C=N\Nc2ccc([N+](=O)[O-])cc2[N+](=O)[O-])ccc1OC(=O)c1ccc(Cl)cc1. The second-order valence-corrected chi connectivity index (χ2v) is 7.06. The monoisotopic (exact) mass is 484 g/mol. The topological polar surface area (TPSA) is 146 Å². The van der Waals surface area contributed by atoms with E-state index in [2.05, 4.69) is 10.5 Å². The third-order valence-electron chi connectivity index (χ3n) is 4.34. The van der Waals surface area contributed by atoms with E-state index < -0.39 is 27.2 Å². The van der Waals surface area contributed by atoms with Crippen molar-refractivity contribution < 1.29 is 24.1 Å². The summed E-state index contributed by atoms with van der Waals surface area (Å²) in [6, 6.07) is 14.1. The molecular weight excluding hydrogens is 468 g/mol. The van der Waals surface area contributed by atoms with Crippen LogP contribution < -0.4 is 14.9 Å². The van der Waals surface area contributed by atoms with E-state index in [0.717, 1.165) is 12.1 Å². The highest BCUT2D eigenvalue weighted by molar-refractivity contribution is 6.30. The Morgan fingerprint density at radius 2 is 1.76 bits per heavy atom. The van der Waals surface area contributed by atoms with Gasteiger partial charge < -0.3 is 9.47 Å². The largest absolute Gasteiger partial charge is 0.490 e. The molecule has 0 aromatic heterocycles. The molecule has 1 N–H and O–H groups in total. The van der Waals surface area contributed by atoms with Gasteiger partial charge in [0.15, 0.2) is 11.5 Å². The molecule has 0 unspecified atom stereocenters. The zero-order valence-electron chi connectivity index (χ0n) is 17.6. The fraction of sp³-hybridized carbons (Fsp3) is 0.0909. The molecule has 0 bridgehead atoms. The predicted molar refractivity (Wildman–Crippen MR) is 125 cm³/mol. The number of halogens is 1. The minimum Gasteiger partial charge on any atom is -0.490 e. The molecule has 174 valence electrons. The lowest BCUT2D eigenvalue weighted by Crippen LogP contribution is -2.09. The molecule has 3 rings (SSSR count). The minimum atomic E-state index is -0.748. The van der Waals surface area contributed by atoms with Crippen molar-refractivity contribution in [2.75, 3.05) is 12.0 Å². The van der Waals surface area contributed by atoms with E-state index >= 15 is 0 Å². The number of hydrogen-bond donors (Lipinski definition) is 1. The van der Waals surface area contributed by atoms with Gasteiger partial charge in [0, 0.05) is 11.1 Å². The van der Waals surface area contributed by atoms with Crippen molar-refractivity contribution >= 4 is 40.8 Å². The number of carbonyl (C=O) groups is 1. The number of hydrazone groups is 1. The highest BCUT2D eigenvalue weighted by atomic mass is 35.5. The number of hydrogen-bond acceptors (Lipinski definition) is 9. The molecule has 3 aromatic carbocycles. The Hall–Kier alpha value is -4.51. The van der Waals surface area contributed by atoms with Crippen molar-refractivity contribution in [3.8, 4) is 11.5 Å². The number of ether oxygens (including phenoxy) is 2. The van der Waals surface area contributed by atoms with Gasteiger partial charge in [0.25, 0.3) is 5.69 Å². The lowest BCUT2D eigenvalue weighted by Gasteiger charge is -2.11. The van der Waals surface area contributed by atoms with E-state index in [-0.39, 0.29) is 17.2 Å². The summed E-state index contributed by atoms with van der Waals surface area (Å²) in [6.45, 7) is 2.07. The Labute approximate surface area is 197 Å². The van der Waals surface area contributed by atoms with Crippen LogP contribution in [0.1, 0.15) is 22.8 Å². The number of nitro groups is 2. The molecule has 3 aromatic rings. The van der Waals surface area contributed by atoms with Crippen molar-refractivity contribution in [1.82, 2.24) is 0 Å². The highest BCUT2D eigenvalue weighted by Gasteiger charge is 2.19. The Kier molecular flexibility index (Phi) is 7.72. The highest BCUT2D eigenvalue weighted by Crippen LogP contribution is 2.30. The molecule has 12 heteroatoms. The lowest BCUT2D eigenvalue weighted by molar-refractivity contribution is -0.393. The van der Waals surface area contributed by atoms with Gasteiger partial charge in [-0.2, -0.15) is 5.10 Å². The van der Waals surface area contributed by atoms with Crippen LogP contribution in [0, 0.1) is 20.2 Å². The fourth-order valence-electron chi connectivity index (χ4n) is 2.76. The maximum atomic E-state index is 12.4. The molecule has 0 atom stereocenters. The van der Waals surface area contributed by atoms with Crippen LogP contribution in [0.25, 0.3) is 0 Å². The summed E-state index contributed by atoms with van der Waals surface area (Å²) in [5, 5.41) is 26.5. The Balaban J connectivity index is 1.77. The quantitative estimate of drug-likeness (QED) is 0.143. The Morgan fingerprint density at radius 3 is 2.41 bits per heavy atom. The smallest absolute Gasteiger partial charge is 0.343 e. The zero-order valence-corrected chi connectivity index (χ0v) is 18.4. The normalized spacial score (nSPS) is 10.6. The number of nitrogens with zero attached hydrogens (tertiary/aromatic N) is 3. The number of rotatable bonds is 9. The summed E-state index contributed by atoms with van der Waals surface area (Å²) in [7, 11) is 0. The van der Waals surface area contributed by atoms with Crippen molar-refractivity contribution in [1.29, 1.82) is 0 Å². The number of benzene rings is 3. The van der Waals surface area contributed by atoms with Gasteiger partial charge in [0.1, 0.15) is 5.69 Å². The van der Waals surface area contributed by atoms with Crippen LogP contribution in [0.3, 0.4) is 0 Å². The van der Waals surface area contributed by atoms with E-state index in [1.54, 1.807) is 31.2 Å². The minimum absolute atomic E-state index is 0.0228. The van der Waals surface area contributed by atoms with Crippen LogP contribution in [-0.2, 0) is 0 Å². The van der Waals surface area contributed by atoms with Crippen molar-refractivity contribution in [3.05, 3.63) is 97.0 Å². The number of carbonyl (C=O) groups excluding carboxylic acids is 1. The summed E-state index contributed by atoms with van der Waals surface area (Å²) < 4.78 is 11.0. The molecule has 11 nitrogen and oxygen atoms in total. The fourth-order valence-corrected chi connectivity index (χ4v) is 2.88. The molecule has 0 spiro atoms. The zero-order chi connectivity index (χ0) is 24.7. The number of anilines is 1. The Bertz CT molecular complexity index is 1260. The maximum Gasteiger partial charge on any atom is 0.343 e. The maximum absolute atomic E-state index is 12.4. The molecule has 0 aliphatic heterocycles. The van der Waals surface area contributed by atoms with Crippen LogP contribution in [-0.4, -0.2) is 28.6 Å². The van der Waals surface area contributed by atoms with E-state index in [1.807, 2.05) is 0 Å². The van der Waals surface area contributed by atoms with Crippen LogP contribution in [0.2, 0.25) is 5.02 Å². The summed E-state index contributed by atoms with van der Waals surface area (Å²) in [4.78, 5) is 33.0. The molecule has 0 saturated heterocycles. The average Bonchev–Trinajstić information content (AvgIpc) is 2.81. The first-order chi connectivity index (χ1) is 16.3. The van der Waals surface area contributed by atoms with Crippen molar-refractivity contribution in [2.45, 2.75) is 6.92 Å². The lowest BCUT2D eigenvalue weighted by atomic mass is 10.2. The van der Waals surface area contributed by atoms with E-state index in [9.17, 15) is 25.0 Å². The summed E-state index contributed by atoms with van der Waals surface area (Å²) in [5.74, 6) is -0.112. The van der Waals surface area contributed by atoms with Crippen molar-refractivity contribution in [2.24, 2.45) is 5.10 Å². The third-order valence-corrected chi connectivity index (χ3v) is 4.59.